The second-order valence-electron chi connectivity index (χ2n) is 4.03. The average Bonchev–Trinajstić information content (AvgIpc) is 2.59. The van der Waals surface area contributed by atoms with Crippen molar-refractivity contribution in [1.29, 1.82) is 0 Å². The maximum Gasteiger partial charge on any atom is 0.337 e. The van der Waals surface area contributed by atoms with Gasteiger partial charge in [0.2, 0.25) is 0 Å². The molecular formula is C13H14N2O2. The van der Waals surface area contributed by atoms with Gasteiger partial charge < -0.3 is 9.67 Å². The van der Waals surface area contributed by atoms with Gasteiger partial charge >= 0.3 is 5.97 Å². The van der Waals surface area contributed by atoms with Crippen molar-refractivity contribution in [2.75, 3.05) is 0 Å². The summed E-state index contributed by atoms with van der Waals surface area (Å²) in [5, 5.41) is 9.05. The van der Waals surface area contributed by atoms with E-state index in [2.05, 4.69) is 4.98 Å². The van der Waals surface area contributed by atoms with Gasteiger partial charge in [-0.1, -0.05) is 0 Å². The van der Waals surface area contributed by atoms with Gasteiger partial charge in [0.15, 0.2) is 0 Å². The van der Waals surface area contributed by atoms with Gasteiger partial charge in [0.1, 0.15) is 0 Å². The lowest BCUT2D eigenvalue weighted by molar-refractivity contribution is 0.0696. The lowest BCUT2D eigenvalue weighted by atomic mass is 10.1. The summed E-state index contributed by atoms with van der Waals surface area (Å²) in [7, 11) is 1.89. The zero-order valence-electron chi connectivity index (χ0n) is 9.84. The molecule has 17 heavy (non-hydrogen) atoms. The largest absolute Gasteiger partial charge is 0.478 e. The zero-order valence-corrected chi connectivity index (χ0v) is 9.84. The van der Waals surface area contributed by atoms with Gasteiger partial charge in [0, 0.05) is 37.3 Å². The van der Waals surface area contributed by atoms with E-state index < -0.39 is 5.97 Å². The molecule has 2 aromatic rings. The minimum atomic E-state index is -0.876. The normalized spacial score (nSPS) is 10.5. The SMILES string of the molecule is Cc1c(C(=O)O)cc(Cc2ccncc2)n1C. The number of aromatic nitrogens is 2. The van der Waals surface area contributed by atoms with E-state index in [1.165, 1.54) is 0 Å². The zero-order chi connectivity index (χ0) is 12.4. The molecule has 0 saturated heterocycles. The van der Waals surface area contributed by atoms with Crippen LogP contribution in [0.1, 0.15) is 27.3 Å². The first kappa shape index (κ1) is 11.4. The van der Waals surface area contributed by atoms with Crippen LogP contribution in [0.2, 0.25) is 0 Å². The Bertz CT molecular complexity index is 544. The molecule has 0 aliphatic rings. The minimum Gasteiger partial charge on any atom is -0.478 e. The molecule has 4 heteroatoms. The summed E-state index contributed by atoms with van der Waals surface area (Å²) in [5.41, 5.74) is 3.27. The molecule has 2 heterocycles. The smallest absolute Gasteiger partial charge is 0.337 e. The van der Waals surface area contributed by atoms with Crippen molar-refractivity contribution in [1.82, 2.24) is 9.55 Å². The van der Waals surface area contributed by atoms with Crippen molar-refractivity contribution in [3.05, 3.63) is 53.1 Å². The Morgan fingerprint density at radius 1 is 1.41 bits per heavy atom. The molecule has 1 N–H and O–H groups in total. The molecule has 88 valence electrons. The van der Waals surface area contributed by atoms with E-state index in [9.17, 15) is 4.79 Å². The molecule has 2 rings (SSSR count). The highest BCUT2D eigenvalue weighted by molar-refractivity contribution is 5.89. The summed E-state index contributed by atoms with van der Waals surface area (Å²) in [6.07, 6.45) is 4.19. The molecular weight excluding hydrogens is 216 g/mol. The molecule has 0 aliphatic carbocycles. The summed E-state index contributed by atoms with van der Waals surface area (Å²) in [5.74, 6) is -0.876. The number of carboxylic acids is 1. The Morgan fingerprint density at radius 3 is 2.59 bits per heavy atom. The predicted molar refractivity (Wildman–Crippen MR) is 64.2 cm³/mol. The third-order valence-corrected chi connectivity index (χ3v) is 3.00. The third-order valence-electron chi connectivity index (χ3n) is 3.00. The molecule has 0 aliphatic heterocycles. The van der Waals surface area contributed by atoms with E-state index in [4.69, 9.17) is 5.11 Å². The predicted octanol–water partition coefficient (Wildman–Crippen LogP) is 2.02. The first-order chi connectivity index (χ1) is 8.09. The van der Waals surface area contributed by atoms with Gasteiger partial charge in [-0.25, -0.2) is 4.79 Å². The van der Waals surface area contributed by atoms with Crippen LogP contribution in [0, 0.1) is 6.92 Å². The molecule has 0 atom stereocenters. The van der Waals surface area contributed by atoms with Gasteiger partial charge in [0.05, 0.1) is 5.56 Å². The van der Waals surface area contributed by atoms with E-state index in [0.29, 0.717) is 12.0 Å². The quantitative estimate of drug-likeness (QED) is 0.877. The van der Waals surface area contributed by atoms with Gasteiger partial charge in [-0.3, -0.25) is 4.98 Å². The highest BCUT2D eigenvalue weighted by Gasteiger charge is 2.14. The van der Waals surface area contributed by atoms with Crippen LogP contribution >= 0.6 is 0 Å². The molecule has 0 amide bonds. The number of nitrogens with zero attached hydrogens (tertiary/aromatic N) is 2. The molecule has 4 nitrogen and oxygen atoms in total. The molecule has 0 radical (unpaired) electrons. The fourth-order valence-electron chi connectivity index (χ4n) is 1.86. The van der Waals surface area contributed by atoms with E-state index in [1.807, 2.05) is 30.7 Å². The summed E-state index contributed by atoms with van der Waals surface area (Å²) in [6.45, 7) is 1.82. The molecule has 0 fully saturated rings. The lowest BCUT2D eigenvalue weighted by Gasteiger charge is -2.04. The average molecular weight is 230 g/mol. The lowest BCUT2D eigenvalue weighted by Crippen LogP contribution is -2.01. The summed E-state index contributed by atoms with van der Waals surface area (Å²) >= 11 is 0. The second-order valence-corrected chi connectivity index (χ2v) is 4.03. The number of carbonyl (C=O) groups is 1. The van der Waals surface area contributed by atoms with E-state index in [0.717, 1.165) is 17.0 Å². The van der Waals surface area contributed by atoms with Crippen LogP contribution in [0.5, 0.6) is 0 Å². The van der Waals surface area contributed by atoms with Crippen molar-refractivity contribution < 1.29 is 9.90 Å². The van der Waals surface area contributed by atoms with Crippen molar-refractivity contribution >= 4 is 5.97 Å². The van der Waals surface area contributed by atoms with E-state index in [-0.39, 0.29) is 0 Å². The van der Waals surface area contributed by atoms with Crippen LogP contribution in [0.3, 0.4) is 0 Å². The monoisotopic (exact) mass is 230 g/mol. The summed E-state index contributed by atoms with van der Waals surface area (Å²) in [6, 6.07) is 5.60. The fourth-order valence-corrected chi connectivity index (χ4v) is 1.86. The van der Waals surface area contributed by atoms with Crippen molar-refractivity contribution in [3.8, 4) is 0 Å². The van der Waals surface area contributed by atoms with Crippen molar-refractivity contribution in [3.63, 3.8) is 0 Å². The number of hydrogen-bond acceptors (Lipinski definition) is 2. The Balaban J connectivity index is 2.34. The van der Waals surface area contributed by atoms with Crippen molar-refractivity contribution in [2.24, 2.45) is 7.05 Å². The Hall–Kier alpha value is -2.10. The van der Waals surface area contributed by atoms with Gasteiger partial charge in [-0.2, -0.15) is 0 Å². The Labute approximate surface area is 99.5 Å². The van der Waals surface area contributed by atoms with Gasteiger partial charge in [-0.05, 0) is 30.7 Å². The highest BCUT2D eigenvalue weighted by Crippen LogP contribution is 2.17. The number of carboxylic acid groups (broad SMARTS) is 1. The number of hydrogen-bond donors (Lipinski definition) is 1. The van der Waals surface area contributed by atoms with Crippen LogP contribution in [0.4, 0.5) is 0 Å². The highest BCUT2D eigenvalue weighted by atomic mass is 16.4. The van der Waals surface area contributed by atoms with E-state index in [1.54, 1.807) is 18.5 Å². The third kappa shape index (κ3) is 2.20. The molecule has 2 aromatic heterocycles. The van der Waals surface area contributed by atoms with E-state index >= 15 is 0 Å². The van der Waals surface area contributed by atoms with Crippen LogP contribution in [0.25, 0.3) is 0 Å². The van der Waals surface area contributed by atoms with Crippen molar-refractivity contribution in [2.45, 2.75) is 13.3 Å². The molecule has 0 unspecified atom stereocenters. The first-order valence-electron chi connectivity index (χ1n) is 5.37. The maximum absolute atomic E-state index is 11.0. The van der Waals surface area contributed by atoms with Crippen LogP contribution < -0.4 is 0 Å². The maximum atomic E-state index is 11.0. The summed E-state index contributed by atoms with van der Waals surface area (Å²) < 4.78 is 1.92. The Morgan fingerprint density at radius 2 is 2.06 bits per heavy atom. The molecule has 0 saturated carbocycles. The minimum absolute atomic E-state index is 0.372. The number of pyridine rings is 1. The van der Waals surface area contributed by atoms with Crippen LogP contribution in [0.15, 0.2) is 30.6 Å². The Kier molecular flexibility index (Phi) is 2.95. The molecule has 0 aromatic carbocycles. The first-order valence-corrected chi connectivity index (χ1v) is 5.37. The number of rotatable bonds is 3. The summed E-state index contributed by atoms with van der Waals surface area (Å²) in [4.78, 5) is 15.0. The fraction of sp³-hybridized carbons (Fsp3) is 0.231. The standard InChI is InChI=1S/C13H14N2O2/c1-9-12(13(16)17)8-11(15(9)2)7-10-3-5-14-6-4-10/h3-6,8H,7H2,1-2H3,(H,16,17). The van der Waals surface area contributed by atoms with Crippen LogP contribution in [-0.4, -0.2) is 20.6 Å². The van der Waals surface area contributed by atoms with Crippen LogP contribution in [-0.2, 0) is 13.5 Å². The molecule has 0 bridgehead atoms. The van der Waals surface area contributed by atoms with Gasteiger partial charge in [-0.15, -0.1) is 0 Å². The number of aromatic carboxylic acids is 1. The molecule has 0 spiro atoms. The topological polar surface area (TPSA) is 55.1 Å². The van der Waals surface area contributed by atoms with Gasteiger partial charge in [0.25, 0.3) is 0 Å². The second kappa shape index (κ2) is 4.41.